The van der Waals surface area contributed by atoms with Gasteiger partial charge < -0.3 is 5.32 Å². The van der Waals surface area contributed by atoms with Crippen LogP contribution in [-0.4, -0.2) is 22.8 Å². The summed E-state index contributed by atoms with van der Waals surface area (Å²) in [5.74, 6) is 1.50. The van der Waals surface area contributed by atoms with Gasteiger partial charge in [-0.05, 0) is 54.7 Å². The van der Waals surface area contributed by atoms with Crippen LogP contribution in [0.25, 0.3) is 0 Å². The molecule has 3 atom stereocenters. The van der Waals surface area contributed by atoms with Crippen molar-refractivity contribution in [2.45, 2.75) is 50.5 Å². The van der Waals surface area contributed by atoms with Crippen LogP contribution in [0.2, 0.25) is 0 Å². The standard InChI is InChI=1S/C18H26FN3OS2/c1-12-4-3-5-16(13(12)2)20-18(24)22-21-17(23)10-11-25-15-8-6-14(19)7-9-15/h6-9,12-13,16H,3-5,10-11H2,1-2H3,(H,21,23)(H2,20,22,24)/t12-,13-,16+/m1/s1. The van der Waals surface area contributed by atoms with E-state index in [4.69, 9.17) is 12.2 Å². The van der Waals surface area contributed by atoms with E-state index in [9.17, 15) is 9.18 Å². The largest absolute Gasteiger partial charge is 0.358 e. The van der Waals surface area contributed by atoms with Crippen molar-refractivity contribution >= 4 is 35.0 Å². The molecule has 2 rings (SSSR count). The quantitative estimate of drug-likeness (QED) is 0.412. The SMILES string of the molecule is C[C@@H]1[C@H](C)CCC[C@@H]1NC(=S)NNC(=O)CCSc1ccc(F)cc1. The lowest BCUT2D eigenvalue weighted by molar-refractivity contribution is -0.121. The second kappa shape index (κ2) is 9.97. The molecule has 1 saturated carbocycles. The third-order valence-electron chi connectivity index (χ3n) is 4.75. The fourth-order valence-electron chi connectivity index (χ4n) is 2.97. The summed E-state index contributed by atoms with van der Waals surface area (Å²) in [6, 6.07) is 6.61. The fraction of sp³-hybridized carbons (Fsp3) is 0.556. The van der Waals surface area contributed by atoms with Crippen molar-refractivity contribution in [1.29, 1.82) is 0 Å². The molecular formula is C18H26FN3OS2. The van der Waals surface area contributed by atoms with Crippen LogP contribution in [0.5, 0.6) is 0 Å². The molecule has 1 amide bonds. The highest BCUT2D eigenvalue weighted by Crippen LogP contribution is 2.29. The van der Waals surface area contributed by atoms with E-state index in [1.165, 1.54) is 36.7 Å². The van der Waals surface area contributed by atoms with Crippen LogP contribution in [0, 0.1) is 17.7 Å². The summed E-state index contributed by atoms with van der Waals surface area (Å²) >= 11 is 6.79. The van der Waals surface area contributed by atoms with Gasteiger partial charge in [-0.25, -0.2) is 4.39 Å². The number of thioether (sulfide) groups is 1. The van der Waals surface area contributed by atoms with Crippen LogP contribution >= 0.6 is 24.0 Å². The molecule has 0 heterocycles. The molecule has 25 heavy (non-hydrogen) atoms. The molecule has 3 N–H and O–H groups in total. The first kappa shape index (κ1) is 20.0. The van der Waals surface area contributed by atoms with Crippen LogP contribution in [0.4, 0.5) is 4.39 Å². The Balaban J connectivity index is 1.62. The Morgan fingerprint density at radius 2 is 1.96 bits per heavy atom. The van der Waals surface area contributed by atoms with Crippen molar-refractivity contribution in [2.24, 2.45) is 11.8 Å². The van der Waals surface area contributed by atoms with Gasteiger partial charge in [0.2, 0.25) is 5.91 Å². The molecule has 1 aliphatic rings. The molecule has 1 aromatic carbocycles. The van der Waals surface area contributed by atoms with Crippen LogP contribution in [0.1, 0.15) is 39.5 Å². The highest BCUT2D eigenvalue weighted by Gasteiger charge is 2.27. The van der Waals surface area contributed by atoms with E-state index in [1.807, 2.05) is 0 Å². The van der Waals surface area contributed by atoms with Crippen LogP contribution in [-0.2, 0) is 4.79 Å². The molecule has 0 radical (unpaired) electrons. The van der Waals surface area contributed by atoms with Gasteiger partial charge >= 0.3 is 0 Å². The van der Waals surface area contributed by atoms with Gasteiger partial charge in [0.25, 0.3) is 0 Å². The van der Waals surface area contributed by atoms with Crippen molar-refractivity contribution in [3.8, 4) is 0 Å². The Bertz CT molecular complexity index is 582. The number of thiocarbonyl (C=S) groups is 1. The predicted molar refractivity (Wildman–Crippen MR) is 105 cm³/mol. The average molecular weight is 384 g/mol. The topological polar surface area (TPSA) is 53.2 Å². The second-order valence-corrected chi connectivity index (χ2v) is 8.15. The molecule has 0 aromatic heterocycles. The van der Waals surface area contributed by atoms with Crippen molar-refractivity contribution in [2.75, 3.05) is 5.75 Å². The summed E-state index contributed by atoms with van der Waals surface area (Å²) in [4.78, 5) is 12.8. The monoisotopic (exact) mass is 383 g/mol. The Hall–Kier alpha value is -1.34. The minimum absolute atomic E-state index is 0.121. The summed E-state index contributed by atoms with van der Waals surface area (Å²) in [6.07, 6.45) is 3.94. The zero-order chi connectivity index (χ0) is 18.2. The summed E-state index contributed by atoms with van der Waals surface area (Å²) in [5.41, 5.74) is 5.41. The summed E-state index contributed by atoms with van der Waals surface area (Å²) in [5, 5.41) is 3.77. The Labute approximate surface area is 158 Å². The van der Waals surface area contributed by atoms with Gasteiger partial charge in [0.15, 0.2) is 5.11 Å². The van der Waals surface area contributed by atoms with Crippen LogP contribution in [0.15, 0.2) is 29.2 Å². The third-order valence-corrected chi connectivity index (χ3v) is 5.98. The number of rotatable bonds is 5. The van der Waals surface area contributed by atoms with Gasteiger partial charge in [-0.3, -0.25) is 15.6 Å². The van der Waals surface area contributed by atoms with Crippen molar-refractivity contribution in [3.05, 3.63) is 30.1 Å². The first-order valence-electron chi connectivity index (χ1n) is 8.69. The van der Waals surface area contributed by atoms with Gasteiger partial charge in [0.05, 0.1) is 0 Å². The first-order valence-corrected chi connectivity index (χ1v) is 10.1. The van der Waals surface area contributed by atoms with E-state index in [2.05, 4.69) is 30.0 Å². The molecule has 4 nitrogen and oxygen atoms in total. The molecule has 0 spiro atoms. The van der Waals surface area contributed by atoms with Crippen molar-refractivity contribution in [3.63, 3.8) is 0 Å². The van der Waals surface area contributed by atoms with Crippen molar-refractivity contribution < 1.29 is 9.18 Å². The maximum absolute atomic E-state index is 12.8. The van der Waals surface area contributed by atoms with Gasteiger partial charge in [0, 0.05) is 23.1 Å². The van der Waals surface area contributed by atoms with E-state index >= 15 is 0 Å². The first-order chi connectivity index (χ1) is 12.0. The lowest BCUT2D eigenvalue weighted by atomic mass is 9.78. The number of hydrogen-bond donors (Lipinski definition) is 3. The minimum atomic E-state index is -0.256. The summed E-state index contributed by atoms with van der Waals surface area (Å²) in [7, 11) is 0. The van der Waals surface area contributed by atoms with E-state index in [1.54, 1.807) is 12.1 Å². The van der Waals surface area contributed by atoms with Gasteiger partial charge in [-0.2, -0.15) is 0 Å². The normalized spacial score (nSPS) is 22.9. The molecular weight excluding hydrogens is 357 g/mol. The molecule has 0 saturated heterocycles. The summed E-state index contributed by atoms with van der Waals surface area (Å²) in [6.45, 7) is 4.52. The zero-order valence-corrected chi connectivity index (χ0v) is 16.3. The molecule has 0 unspecified atom stereocenters. The predicted octanol–water partition coefficient (Wildman–Crippen LogP) is 3.63. The van der Waals surface area contributed by atoms with E-state index in [0.717, 1.165) is 11.3 Å². The highest BCUT2D eigenvalue weighted by atomic mass is 32.2. The number of nitrogens with one attached hydrogen (secondary N) is 3. The average Bonchev–Trinajstić information content (AvgIpc) is 2.59. The second-order valence-electron chi connectivity index (χ2n) is 6.57. The fourth-order valence-corrected chi connectivity index (χ4v) is 4.03. The molecule has 7 heteroatoms. The van der Waals surface area contributed by atoms with Gasteiger partial charge in [-0.1, -0.05) is 26.7 Å². The molecule has 0 bridgehead atoms. The minimum Gasteiger partial charge on any atom is -0.358 e. The number of amides is 1. The smallest absolute Gasteiger partial charge is 0.239 e. The molecule has 0 aliphatic heterocycles. The Kier molecular flexibility index (Phi) is 7.96. The maximum atomic E-state index is 12.8. The number of carbonyl (C=O) groups is 1. The number of carbonyl (C=O) groups excluding carboxylic acids is 1. The summed E-state index contributed by atoms with van der Waals surface area (Å²) < 4.78 is 12.8. The van der Waals surface area contributed by atoms with E-state index in [-0.39, 0.29) is 11.7 Å². The lowest BCUT2D eigenvalue weighted by Crippen LogP contribution is -2.52. The molecule has 1 aromatic rings. The Morgan fingerprint density at radius 1 is 1.24 bits per heavy atom. The van der Waals surface area contributed by atoms with Crippen LogP contribution < -0.4 is 16.2 Å². The Morgan fingerprint density at radius 3 is 2.68 bits per heavy atom. The molecule has 138 valence electrons. The molecule has 1 aliphatic carbocycles. The number of hydrogen-bond acceptors (Lipinski definition) is 3. The van der Waals surface area contributed by atoms with Gasteiger partial charge in [0.1, 0.15) is 5.82 Å². The number of halogens is 1. The highest BCUT2D eigenvalue weighted by molar-refractivity contribution is 7.99. The van der Waals surface area contributed by atoms with Crippen LogP contribution in [0.3, 0.4) is 0 Å². The number of benzene rings is 1. The van der Waals surface area contributed by atoms with E-state index in [0.29, 0.717) is 35.2 Å². The maximum Gasteiger partial charge on any atom is 0.239 e. The van der Waals surface area contributed by atoms with Gasteiger partial charge in [-0.15, -0.1) is 11.8 Å². The molecule has 1 fully saturated rings. The van der Waals surface area contributed by atoms with Crippen molar-refractivity contribution in [1.82, 2.24) is 16.2 Å². The lowest BCUT2D eigenvalue weighted by Gasteiger charge is -2.35. The van der Waals surface area contributed by atoms with E-state index < -0.39 is 0 Å². The number of hydrazine groups is 1. The zero-order valence-electron chi connectivity index (χ0n) is 14.7. The third kappa shape index (κ3) is 6.82.